The zero-order valence-electron chi connectivity index (χ0n) is 18.7. The fourth-order valence-electron chi connectivity index (χ4n) is 4.62. The maximum absolute atomic E-state index is 13.5. The zero-order valence-corrected chi connectivity index (χ0v) is 20.3. The largest absolute Gasteiger partial charge is 0.340 e. The van der Waals surface area contributed by atoms with Crippen molar-refractivity contribution in [3.8, 4) is 11.1 Å². The van der Waals surface area contributed by atoms with Gasteiger partial charge in [-0.25, -0.2) is 9.99 Å². The third kappa shape index (κ3) is 3.63. The second-order valence-electron chi connectivity index (χ2n) is 8.43. The number of H-pyrrole nitrogens is 2. The van der Waals surface area contributed by atoms with E-state index in [2.05, 4.69) is 31.3 Å². The highest BCUT2D eigenvalue weighted by Crippen LogP contribution is 2.37. The maximum Gasteiger partial charge on any atom is 0.258 e. The molecule has 0 radical (unpaired) electrons. The topological polar surface area (TPSA) is 93.9 Å². The summed E-state index contributed by atoms with van der Waals surface area (Å²) in [6.45, 7) is 1.49. The molecular weight excluding hydrogens is 506 g/mol. The summed E-state index contributed by atoms with van der Waals surface area (Å²) in [5.74, 6) is 0.424. The third-order valence-corrected chi connectivity index (χ3v) is 6.67. The van der Waals surface area contributed by atoms with E-state index in [-0.39, 0.29) is 11.5 Å². The normalized spacial score (nSPS) is 15.4. The molecule has 0 saturated carbocycles. The molecule has 3 heterocycles. The van der Waals surface area contributed by atoms with Gasteiger partial charge in [-0.2, -0.15) is 0 Å². The van der Waals surface area contributed by atoms with Crippen molar-refractivity contribution in [2.75, 3.05) is 0 Å². The first-order valence-electron chi connectivity index (χ1n) is 11.1. The molecule has 0 aliphatic carbocycles. The van der Waals surface area contributed by atoms with Crippen molar-refractivity contribution in [2.45, 2.75) is 13.0 Å². The summed E-state index contributed by atoms with van der Waals surface area (Å²) in [7, 11) is 0. The lowest BCUT2D eigenvalue weighted by Gasteiger charge is -2.22. The molecular formula is C27H20BrN5O2. The Hall–Kier alpha value is -4.17. The van der Waals surface area contributed by atoms with Crippen LogP contribution in [0.5, 0.6) is 0 Å². The van der Waals surface area contributed by atoms with Gasteiger partial charge in [0.25, 0.3) is 5.56 Å². The lowest BCUT2D eigenvalue weighted by atomic mass is 9.94. The van der Waals surface area contributed by atoms with E-state index in [4.69, 9.17) is 4.98 Å². The quantitative estimate of drug-likeness (QED) is 0.298. The first-order valence-corrected chi connectivity index (χ1v) is 11.9. The van der Waals surface area contributed by atoms with Crippen molar-refractivity contribution in [3.63, 3.8) is 0 Å². The smallest absolute Gasteiger partial charge is 0.258 e. The molecule has 8 heteroatoms. The number of rotatable bonds is 3. The predicted molar refractivity (Wildman–Crippen MR) is 140 cm³/mol. The number of nitrogens with zero attached hydrogens (tertiary/aromatic N) is 2. The van der Waals surface area contributed by atoms with Crippen molar-refractivity contribution < 1.29 is 4.79 Å². The molecule has 1 unspecified atom stereocenters. The number of aromatic nitrogens is 3. The summed E-state index contributed by atoms with van der Waals surface area (Å²) in [6, 6.07) is 22.8. The van der Waals surface area contributed by atoms with E-state index in [0.717, 1.165) is 37.5 Å². The SMILES string of the molecule is CC(=O)N1NC(c2c(-c3ccccc3)c3cc(Br)ccc3[nH]c2=O)=CC1c1nc2ccccc2[nH]1. The minimum absolute atomic E-state index is 0.192. The number of nitrogens with one attached hydrogen (secondary N) is 3. The van der Waals surface area contributed by atoms with Crippen LogP contribution in [-0.4, -0.2) is 25.9 Å². The van der Waals surface area contributed by atoms with Crippen molar-refractivity contribution >= 4 is 49.5 Å². The molecule has 0 fully saturated rings. The van der Waals surface area contributed by atoms with Crippen LogP contribution in [0.2, 0.25) is 0 Å². The number of carbonyl (C=O) groups excluding carboxylic acids is 1. The van der Waals surface area contributed by atoms with E-state index in [9.17, 15) is 9.59 Å². The van der Waals surface area contributed by atoms with Gasteiger partial charge in [0.05, 0.1) is 22.3 Å². The number of aromatic amines is 2. The fraction of sp³-hybridized carbons (Fsp3) is 0.0741. The average Bonchev–Trinajstić information content (AvgIpc) is 3.48. The molecule has 0 spiro atoms. The van der Waals surface area contributed by atoms with Crippen LogP contribution in [0.3, 0.4) is 0 Å². The molecule has 1 aliphatic heterocycles. The molecule has 6 rings (SSSR count). The Kier molecular flexibility index (Phi) is 5.04. The predicted octanol–water partition coefficient (Wildman–Crippen LogP) is 5.28. The molecule has 35 heavy (non-hydrogen) atoms. The van der Waals surface area contributed by atoms with Gasteiger partial charge in [0.2, 0.25) is 5.91 Å². The Balaban J connectivity index is 1.59. The van der Waals surface area contributed by atoms with E-state index in [0.29, 0.717) is 17.1 Å². The van der Waals surface area contributed by atoms with E-state index in [1.165, 1.54) is 11.9 Å². The molecule has 3 N–H and O–H groups in total. The molecule has 0 bridgehead atoms. The Morgan fingerprint density at radius 2 is 1.71 bits per heavy atom. The number of hydrazine groups is 1. The lowest BCUT2D eigenvalue weighted by molar-refractivity contribution is -0.132. The number of hydrogen-bond donors (Lipinski definition) is 3. The minimum Gasteiger partial charge on any atom is -0.340 e. The zero-order chi connectivity index (χ0) is 24.1. The third-order valence-electron chi connectivity index (χ3n) is 6.18. The number of para-hydroxylation sites is 2. The first kappa shape index (κ1) is 21.4. The second kappa shape index (κ2) is 8.25. The van der Waals surface area contributed by atoms with Crippen LogP contribution in [0.15, 0.2) is 88.1 Å². The number of fused-ring (bicyclic) bond motifs is 2. The van der Waals surface area contributed by atoms with Crippen molar-refractivity contribution in [1.29, 1.82) is 0 Å². The van der Waals surface area contributed by atoms with Crippen molar-refractivity contribution in [3.05, 3.63) is 105 Å². The molecule has 3 aromatic carbocycles. The van der Waals surface area contributed by atoms with Crippen molar-refractivity contribution in [2.24, 2.45) is 0 Å². The molecule has 1 atom stereocenters. The number of benzene rings is 3. The highest BCUT2D eigenvalue weighted by molar-refractivity contribution is 9.10. The number of imidazole rings is 1. The first-order chi connectivity index (χ1) is 17.0. The summed E-state index contributed by atoms with van der Waals surface area (Å²) >= 11 is 3.56. The van der Waals surface area contributed by atoms with Gasteiger partial charge in [0, 0.05) is 27.9 Å². The van der Waals surface area contributed by atoms with Gasteiger partial charge in [-0.3, -0.25) is 15.0 Å². The van der Waals surface area contributed by atoms with E-state index < -0.39 is 6.04 Å². The van der Waals surface area contributed by atoms with Gasteiger partial charge in [-0.05, 0) is 42.0 Å². The summed E-state index contributed by atoms with van der Waals surface area (Å²) in [4.78, 5) is 37.1. The highest BCUT2D eigenvalue weighted by Gasteiger charge is 2.33. The highest BCUT2D eigenvalue weighted by atomic mass is 79.9. The van der Waals surface area contributed by atoms with Gasteiger partial charge in [-0.1, -0.05) is 58.4 Å². The standard InChI is InChI=1S/C27H20BrN5O2/c1-15(34)33-23(26-29-20-9-5-6-10-21(20)30-26)14-22(32-33)25-24(16-7-3-2-4-8-16)18-13-17(28)11-12-19(18)31-27(25)35/h2-14,23,32H,1H3,(H,29,30)(H,31,35). The summed E-state index contributed by atoms with van der Waals surface area (Å²) < 4.78 is 0.902. The Bertz CT molecular complexity index is 1670. The number of halogens is 1. The second-order valence-corrected chi connectivity index (χ2v) is 9.34. The van der Waals surface area contributed by atoms with Crippen LogP contribution < -0.4 is 11.0 Å². The molecule has 1 amide bonds. The van der Waals surface area contributed by atoms with E-state index >= 15 is 0 Å². The molecule has 2 aromatic heterocycles. The number of amides is 1. The van der Waals surface area contributed by atoms with E-state index in [1.54, 1.807) is 0 Å². The summed E-state index contributed by atoms with van der Waals surface area (Å²) in [5, 5.41) is 2.39. The van der Waals surface area contributed by atoms with Crippen molar-refractivity contribution in [1.82, 2.24) is 25.4 Å². The minimum atomic E-state index is -0.504. The fourth-order valence-corrected chi connectivity index (χ4v) is 4.98. The number of hydrogen-bond acceptors (Lipinski definition) is 4. The molecule has 1 aliphatic rings. The number of carbonyl (C=O) groups is 1. The lowest BCUT2D eigenvalue weighted by Crippen LogP contribution is -2.38. The maximum atomic E-state index is 13.5. The van der Waals surface area contributed by atoms with E-state index in [1.807, 2.05) is 78.9 Å². The van der Waals surface area contributed by atoms with Crippen LogP contribution in [0.4, 0.5) is 0 Å². The Labute approximate surface area is 208 Å². The molecule has 5 aromatic rings. The number of pyridine rings is 1. The van der Waals surface area contributed by atoms with Gasteiger partial charge in [-0.15, -0.1) is 0 Å². The van der Waals surface area contributed by atoms with Crippen LogP contribution in [-0.2, 0) is 4.79 Å². The van der Waals surface area contributed by atoms with Gasteiger partial charge in [0.1, 0.15) is 11.9 Å². The Morgan fingerprint density at radius 1 is 0.943 bits per heavy atom. The molecule has 0 saturated heterocycles. The molecule has 7 nitrogen and oxygen atoms in total. The monoisotopic (exact) mass is 525 g/mol. The van der Waals surface area contributed by atoms with Gasteiger partial charge < -0.3 is 9.97 Å². The summed E-state index contributed by atoms with van der Waals surface area (Å²) in [5.41, 5.74) is 8.07. The van der Waals surface area contributed by atoms with Crippen LogP contribution in [0.25, 0.3) is 38.8 Å². The van der Waals surface area contributed by atoms with Crippen LogP contribution in [0, 0.1) is 0 Å². The molecule has 172 valence electrons. The average molecular weight is 526 g/mol. The summed E-state index contributed by atoms with van der Waals surface area (Å²) in [6.07, 6.45) is 1.87. The van der Waals surface area contributed by atoms with Crippen LogP contribution in [0.1, 0.15) is 24.4 Å². The van der Waals surface area contributed by atoms with Crippen LogP contribution >= 0.6 is 15.9 Å². The van der Waals surface area contributed by atoms with Gasteiger partial charge in [0.15, 0.2) is 0 Å². The Morgan fingerprint density at radius 3 is 2.49 bits per heavy atom. The van der Waals surface area contributed by atoms with Gasteiger partial charge >= 0.3 is 0 Å².